The molecule has 0 spiro atoms. The minimum atomic E-state index is -3.80. The summed E-state index contributed by atoms with van der Waals surface area (Å²) < 4.78 is 26.9. The van der Waals surface area contributed by atoms with E-state index in [9.17, 15) is 13.2 Å². The van der Waals surface area contributed by atoms with E-state index < -0.39 is 21.5 Å². The number of sulfone groups is 1. The lowest BCUT2D eigenvalue weighted by Crippen LogP contribution is -2.35. The van der Waals surface area contributed by atoms with Gasteiger partial charge in [0.1, 0.15) is 5.75 Å². The minimum absolute atomic E-state index is 0.130. The number of carbonyl (C=O) groups is 1. The summed E-state index contributed by atoms with van der Waals surface area (Å²) in [7, 11) is -3.80. The summed E-state index contributed by atoms with van der Waals surface area (Å²) in [6.07, 6.45) is 1.65. The summed E-state index contributed by atoms with van der Waals surface area (Å²) in [5.74, 6) is -1.18. The molecule has 2 aromatic carbocycles. The molecule has 0 aliphatic carbocycles. The van der Waals surface area contributed by atoms with Crippen molar-refractivity contribution < 1.29 is 13.2 Å². The largest absolute Gasteiger partial charge is 0.281 e. The van der Waals surface area contributed by atoms with E-state index in [1.54, 1.807) is 30.5 Å². The number of nitrogens with zero attached hydrogens (tertiary/aromatic N) is 3. The van der Waals surface area contributed by atoms with Crippen LogP contribution >= 0.6 is 11.3 Å². The third-order valence-electron chi connectivity index (χ3n) is 5.20. The Morgan fingerprint density at radius 3 is 2.34 bits per heavy atom. The first kappa shape index (κ1) is 22.1. The molecule has 32 heavy (non-hydrogen) atoms. The molecular formula is C24H23N3O3S2. The van der Waals surface area contributed by atoms with Gasteiger partial charge < -0.3 is 0 Å². The van der Waals surface area contributed by atoms with E-state index in [2.05, 4.69) is 4.98 Å². The summed E-state index contributed by atoms with van der Waals surface area (Å²) in [6, 6.07) is 16.0. The van der Waals surface area contributed by atoms with Gasteiger partial charge in [-0.15, -0.1) is 0 Å². The topological polar surface area (TPSA) is 80.2 Å². The number of hydrogen-bond acceptors (Lipinski definition) is 6. The first-order valence-electron chi connectivity index (χ1n) is 10.1. The second-order valence-electron chi connectivity index (χ2n) is 7.75. The fourth-order valence-electron chi connectivity index (χ4n) is 3.35. The number of aryl methyl sites for hydroxylation is 3. The van der Waals surface area contributed by atoms with Gasteiger partial charge in [0.15, 0.2) is 15.0 Å². The van der Waals surface area contributed by atoms with Crippen LogP contribution in [0.5, 0.6) is 0 Å². The van der Waals surface area contributed by atoms with Crippen molar-refractivity contribution in [3.05, 3.63) is 83.2 Å². The predicted octanol–water partition coefficient (Wildman–Crippen LogP) is 4.62. The highest BCUT2D eigenvalue weighted by atomic mass is 32.2. The zero-order valence-corrected chi connectivity index (χ0v) is 19.7. The maximum Gasteiger partial charge on any atom is 0.244 e. The predicted molar refractivity (Wildman–Crippen MR) is 128 cm³/mol. The highest BCUT2D eigenvalue weighted by Crippen LogP contribution is 2.34. The molecule has 0 saturated heterocycles. The minimum Gasteiger partial charge on any atom is -0.281 e. The number of rotatable bonds is 6. The Balaban J connectivity index is 1.72. The van der Waals surface area contributed by atoms with Gasteiger partial charge in [-0.25, -0.2) is 13.4 Å². The van der Waals surface area contributed by atoms with E-state index in [-0.39, 0.29) is 11.4 Å². The van der Waals surface area contributed by atoms with Gasteiger partial charge >= 0.3 is 0 Å². The smallest absolute Gasteiger partial charge is 0.244 e. The molecule has 0 bridgehead atoms. The maximum atomic E-state index is 13.3. The van der Waals surface area contributed by atoms with Crippen molar-refractivity contribution in [3.8, 4) is 0 Å². The molecule has 0 fully saturated rings. The number of aromatic nitrogens is 2. The number of amides is 1. The van der Waals surface area contributed by atoms with Crippen molar-refractivity contribution >= 4 is 42.4 Å². The lowest BCUT2D eigenvalue weighted by Gasteiger charge is -2.19. The Hall–Kier alpha value is -3.10. The second-order valence-corrected chi connectivity index (χ2v) is 10.7. The van der Waals surface area contributed by atoms with Gasteiger partial charge in [0, 0.05) is 6.20 Å². The van der Waals surface area contributed by atoms with Gasteiger partial charge in [-0.2, -0.15) is 0 Å². The van der Waals surface area contributed by atoms with Gasteiger partial charge in [0.2, 0.25) is 5.91 Å². The summed E-state index contributed by atoms with van der Waals surface area (Å²) in [5.41, 5.74) is 4.50. The molecule has 0 N–H and O–H groups in total. The Morgan fingerprint density at radius 1 is 0.969 bits per heavy atom. The molecule has 4 rings (SSSR count). The van der Waals surface area contributed by atoms with Crippen LogP contribution in [0, 0.1) is 20.8 Å². The number of benzene rings is 2. The zero-order valence-electron chi connectivity index (χ0n) is 18.1. The molecule has 0 aliphatic heterocycles. The Morgan fingerprint density at radius 2 is 1.69 bits per heavy atom. The van der Waals surface area contributed by atoms with Crippen molar-refractivity contribution in [2.45, 2.75) is 32.2 Å². The molecule has 0 radical (unpaired) electrons. The summed E-state index contributed by atoms with van der Waals surface area (Å²) >= 11 is 1.39. The van der Waals surface area contributed by atoms with Gasteiger partial charge in [-0.05, 0) is 56.2 Å². The van der Waals surface area contributed by atoms with Gasteiger partial charge in [0.25, 0.3) is 0 Å². The molecule has 0 unspecified atom stereocenters. The molecular weight excluding hydrogens is 442 g/mol. The SMILES string of the molecule is Cc1ccc(S(=O)(=O)CC(=O)N(Cc2ccccn2)c2nc3c(C)ccc(C)c3s2)cc1. The van der Waals surface area contributed by atoms with Crippen LogP contribution in [0.15, 0.2) is 65.7 Å². The zero-order chi connectivity index (χ0) is 22.9. The van der Waals surface area contributed by atoms with E-state index in [1.807, 2.05) is 39.0 Å². The standard InChI is InChI=1S/C24H23N3O3S2/c1-16-7-11-20(12-8-16)32(29,30)15-21(28)27(14-19-6-4-5-13-25-19)24-26-22-17(2)9-10-18(3)23(22)31-24/h4-13H,14-15H2,1-3H3. The first-order valence-corrected chi connectivity index (χ1v) is 12.6. The molecule has 2 aromatic heterocycles. The van der Waals surface area contributed by atoms with Crippen molar-refractivity contribution in [1.82, 2.24) is 9.97 Å². The van der Waals surface area contributed by atoms with Crippen LogP contribution in [0.3, 0.4) is 0 Å². The molecule has 8 heteroatoms. The lowest BCUT2D eigenvalue weighted by atomic mass is 10.1. The van der Waals surface area contributed by atoms with E-state index >= 15 is 0 Å². The number of fused-ring (bicyclic) bond motifs is 1. The molecule has 1 amide bonds. The Bertz CT molecular complexity index is 1340. The van der Waals surface area contributed by atoms with E-state index in [0.29, 0.717) is 10.8 Å². The molecule has 2 heterocycles. The van der Waals surface area contributed by atoms with Crippen LogP contribution in [0.25, 0.3) is 10.2 Å². The van der Waals surface area contributed by atoms with E-state index in [1.165, 1.54) is 28.4 Å². The van der Waals surface area contributed by atoms with Gasteiger partial charge in [0.05, 0.1) is 27.4 Å². The maximum absolute atomic E-state index is 13.3. The number of pyridine rings is 1. The molecule has 0 saturated carbocycles. The van der Waals surface area contributed by atoms with Crippen LogP contribution in [-0.2, 0) is 21.2 Å². The molecule has 4 aromatic rings. The quantitative estimate of drug-likeness (QED) is 0.415. The number of thiazole rings is 1. The summed E-state index contributed by atoms with van der Waals surface area (Å²) in [4.78, 5) is 23.9. The Kier molecular flexibility index (Phi) is 6.08. The fourth-order valence-corrected chi connectivity index (χ4v) is 5.68. The Labute approximate surface area is 191 Å². The third kappa shape index (κ3) is 4.56. The van der Waals surface area contributed by atoms with Crippen LogP contribution in [-0.4, -0.2) is 30.0 Å². The number of hydrogen-bond donors (Lipinski definition) is 0. The average Bonchev–Trinajstić information content (AvgIpc) is 3.22. The normalized spacial score (nSPS) is 11.6. The summed E-state index contributed by atoms with van der Waals surface area (Å²) in [5, 5.41) is 0.465. The number of anilines is 1. The fraction of sp³-hybridized carbons (Fsp3) is 0.208. The first-order chi connectivity index (χ1) is 15.2. The molecule has 0 aliphatic rings. The van der Waals surface area contributed by atoms with E-state index in [0.717, 1.165) is 26.9 Å². The molecule has 164 valence electrons. The van der Waals surface area contributed by atoms with Gasteiger partial charge in [-0.3, -0.25) is 14.7 Å². The third-order valence-corrected chi connectivity index (χ3v) is 8.03. The van der Waals surface area contributed by atoms with Crippen molar-refractivity contribution in [2.75, 3.05) is 10.7 Å². The molecule has 0 atom stereocenters. The van der Waals surface area contributed by atoms with Crippen LogP contribution in [0.2, 0.25) is 0 Å². The summed E-state index contributed by atoms with van der Waals surface area (Å²) in [6.45, 7) is 5.99. The number of carbonyl (C=O) groups excluding carboxylic acids is 1. The van der Waals surface area contributed by atoms with Crippen molar-refractivity contribution in [2.24, 2.45) is 0 Å². The average molecular weight is 466 g/mol. The van der Waals surface area contributed by atoms with Crippen LogP contribution < -0.4 is 4.90 Å². The monoisotopic (exact) mass is 465 g/mol. The highest BCUT2D eigenvalue weighted by Gasteiger charge is 2.27. The van der Waals surface area contributed by atoms with Crippen molar-refractivity contribution in [3.63, 3.8) is 0 Å². The van der Waals surface area contributed by atoms with Crippen molar-refractivity contribution in [1.29, 1.82) is 0 Å². The van der Waals surface area contributed by atoms with E-state index in [4.69, 9.17) is 4.98 Å². The second kappa shape index (κ2) is 8.80. The molecule has 6 nitrogen and oxygen atoms in total. The highest BCUT2D eigenvalue weighted by molar-refractivity contribution is 7.92. The van der Waals surface area contributed by atoms with Crippen LogP contribution in [0.4, 0.5) is 5.13 Å². The van der Waals surface area contributed by atoms with Crippen LogP contribution in [0.1, 0.15) is 22.4 Å². The lowest BCUT2D eigenvalue weighted by molar-refractivity contribution is -0.116. The van der Waals surface area contributed by atoms with Gasteiger partial charge in [-0.1, -0.05) is 47.2 Å².